The number of thioether (sulfide) groups is 1. The second-order valence-corrected chi connectivity index (χ2v) is 6.81. The van der Waals surface area contributed by atoms with E-state index in [2.05, 4.69) is 11.9 Å². The summed E-state index contributed by atoms with van der Waals surface area (Å²) in [5.41, 5.74) is 6.91. The Morgan fingerprint density at radius 2 is 2.05 bits per heavy atom. The highest BCUT2D eigenvalue weighted by Gasteiger charge is 2.30. The van der Waals surface area contributed by atoms with E-state index >= 15 is 0 Å². The van der Waals surface area contributed by atoms with Gasteiger partial charge in [0.05, 0.1) is 5.69 Å². The number of hydrogen-bond donors (Lipinski definition) is 2. The van der Waals surface area contributed by atoms with Gasteiger partial charge < -0.3 is 11.1 Å². The zero-order chi connectivity index (χ0) is 15.1. The molecule has 0 bridgehead atoms. The van der Waals surface area contributed by atoms with Gasteiger partial charge in [0.1, 0.15) is 0 Å². The van der Waals surface area contributed by atoms with E-state index in [0.29, 0.717) is 6.42 Å². The molecule has 3 nitrogen and oxygen atoms in total. The Hall–Kier alpha value is -1.26. The highest BCUT2D eigenvalue weighted by molar-refractivity contribution is 7.99. The van der Waals surface area contributed by atoms with Gasteiger partial charge in [0.25, 0.3) is 0 Å². The lowest BCUT2D eigenvalue weighted by Crippen LogP contribution is -2.44. The predicted octanol–water partition coefficient (Wildman–Crippen LogP) is 3.95. The summed E-state index contributed by atoms with van der Waals surface area (Å²) in [6, 6.07) is 7.87. The minimum Gasteiger partial charge on any atom is -0.325 e. The lowest BCUT2D eigenvalue weighted by atomic mass is 9.80. The van der Waals surface area contributed by atoms with E-state index in [4.69, 9.17) is 5.73 Å². The van der Waals surface area contributed by atoms with Crippen LogP contribution in [0.4, 0.5) is 5.69 Å². The Kier molecular flexibility index (Phi) is 5.88. The summed E-state index contributed by atoms with van der Waals surface area (Å²) in [4.78, 5) is 13.4. The van der Waals surface area contributed by atoms with Crippen LogP contribution >= 0.6 is 11.8 Å². The fourth-order valence-electron chi connectivity index (χ4n) is 2.79. The van der Waals surface area contributed by atoms with Gasteiger partial charge in [-0.2, -0.15) is 0 Å². The Labute approximate surface area is 131 Å². The number of carbonyl (C=O) groups is 1. The summed E-state index contributed by atoms with van der Waals surface area (Å²) in [7, 11) is 0. The quantitative estimate of drug-likeness (QED) is 0.618. The number of para-hydroxylation sites is 1. The van der Waals surface area contributed by atoms with Crippen molar-refractivity contribution in [2.75, 3.05) is 11.1 Å². The topological polar surface area (TPSA) is 55.1 Å². The van der Waals surface area contributed by atoms with Gasteiger partial charge in [-0.05, 0) is 25.0 Å². The van der Waals surface area contributed by atoms with Crippen molar-refractivity contribution in [2.45, 2.75) is 49.0 Å². The van der Waals surface area contributed by atoms with Gasteiger partial charge in [-0.3, -0.25) is 4.79 Å². The second kappa shape index (κ2) is 7.66. The lowest BCUT2D eigenvalue weighted by Gasteiger charge is -2.32. The van der Waals surface area contributed by atoms with E-state index in [1.165, 1.54) is 6.42 Å². The number of rotatable bonds is 6. The van der Waals surface area contributed by atoms with Gasteiger partial charge in [0.15, 0.2) is 0 Å². The summed E-state index contributed by atoms with van der Waals surface area (Å²) in [6.07, 6.45) is 7.68. The smallest absolute Gasteiger partial charge is 0.226 e. The highest BCUT2D eigenvalue weighted by Crippen LogP contribution is 2.30. The summed E-state index contributed by atoms with van der Waals surface area (Å²) in [6.45, 7) is 3.73. The van der Waals surface area contributed by atoms with Crippen LogP contribution in [0, 0.1) is 0 Å². The molecule has 1 fully saturated rings. The van der Waals surface area contributed by atoms with Gasteiger partial charge in [-0.25, -0.2) is 0 Å². The van der Waals surface area contributed by atoms with Crippen molar-refractivity contribution in [3.8, 4) is 0 Å². The van der Waals surface area contributed by atoms with E-state index in [0.717, 1.165) is 42.0 Å². The van der Waals surface area contributed by atoms with E-state index in [9.17, 15) is 4.79 Å². The normalized spacial score (nSPS) is 17.2. The first-order chi connectivity index (χ1) is 10.1. The van der Waals surface area contributed by atoms with Crippen LogP contribution in [-0.4, -0.2) is 17.2 Å². The van der Waals surface area contributed by atoms with Crippen molar-refractivity contribution in [3.63, 3.8) is 0 Å². The number of hydrogen-bond acceptors (Lipinski definition) is 3. The first-order valence-electron chi connectivity index (χ1n) is 7.54. The monoisotopic (exact) mass is 304 g/mol. The van der Waals surface area contributed by atoms with Gasteiger partial charge >= 0.3 is 0 Å². The van der Waals surface area contributed by atoms with Crippen molar-refractivity contribution in [1.29, 1.82) is 0 Å². The molecule has 0 atom stereocenters. The molecule has 0 aliphatic heterocycles. The van der Waals surface area contributed by atoms with E-state index in [-0.39, 0.29) is 11.4 Å². The molecule has 0 saturated heterocycles. The molecule has 0 unspecified atom stereocenters. The lowest BCUT2D eigenvalue weighted by molar-refractivity contribution is -0.117. The average Bonchev–Trinajstić information content (AvgIpc) is 2.46. The molecule has 1 aromatic rings. The first kappa shape index (κ1) is 16.1. The summed E-state index contributed by atoms with van der Waals surface area (Å²) in [5, 5.41) is 3.02. The van der Waals surface area contributed by atoms with Crippen LogP contribution in [-0.2, 0) is 4.79 Å². The molecule has 0 aromatic heterocycles. The number of carbonyl (C=O) groups excluding carboxylic acids is 1. The molecule has 1 aliphatic rings. The van der Waals surface area contributed by atoms with Crippen LogP contribution in [0.25, 0.3) is 0 Å². The van der Waals surface area contributed by atoms with Crippen molar-refractivity contribution in [3.05, 3.63) is 36.9 Å². The van der Waals surface area contributed by atoms with E-state index < -0.39 is 0 Å². The third-order valence-corrected chi connectivity index (χ3v) is 4.95. The standard InChI is InChI=1S/C17H24N2OS/c1-2-12-21-15-9-5-4-8-14(15)19-16(20)13-17(18)10-6-3-7-11-17/h2,4-5,8-9H,1,3,6-7,10-13,18H2,(H,19,20). The maximum absolute atomic E-state index is 12.3. The Balaban J connectivity index is 1.97. The number of amides is 1. The molecule has 2 rings (SSSR count). The van der Waals surface area contributed by atoms with Crippen molar-refractivity contribution in [2.24, 2.45) is 5.73 Å². The number of nitrogens with one attached hydrogen (secondary N) is 1. The molecule has 4 heteroatoms. The second-order valence-electron chi connectivity index (χ2n) is 5.74. The summed E-state index contributed by atoms with van der Waals surface area (Å²) in [5.74, 6) is 0.847. The summed E-state index contributed by atoms with van der Waals surface area (Å²) >= 11 is 1.67. The minimum atomic E-state index is -0.314. The predicted molar refractivity (Wildman–Crippen MR) is 90.6 cm³/mol. The number of anilines is 1. The van der Waals surface area contributed by atoms with Crippen LogP contribution in [0.3, 0.4) is 0 Å². The van der Waals surface area contributed by atoms with Crippen LogP contribution in [0.2, 0.25) is 0 Å². The Morgan fingerprint density at radius 3 is 2.76 bits per heavy atom. The summed E-state index contributed by atoms with van der Waals surface area (Å²) < 4.78 is 0. The SMILES string of the molecule is C=CCSc1ccccc1NC(=O)CC1(N)CCCCC1. The highest BCUT2D eigenvalue weighted by atomic mass is 32.2. The first-order valence-corrected chi connectivity index (χ1v) is 8.53. The zero-order valence-electron chi connectivity index (χ0n) is 12.4. The van der Waals surface area contributed by atoms with Gasteiger partial charge in [-0.1, -0.05) is 37.5 Å². The zero-order valence-corrected chi connectivity index (χ0v) is 13.3. The molecule has 1 aromatic carbocycles. The van der Waals surface area contributed by atoms with E-state index in [1.54, 1.807) is 11.8 Å². The fourth-order valence-corrected chi connectivity index (χ4v) is 3.54. The molecule has 114 valence electrons. The van der Waals surface area contributed by atoms with E-state index in [1.807, 2.05) is 30.3 Å². The largest absolute Gasteiger partial charge is 0.325 e. The Morgan fingerprint density at radius 1 is 1.33 bits per heavy atom. The molecule has 1 amide bonds. The maximum atomic E-state index is 12.3. The molecule has 3 N–H and O–H groups in total. The number of benzene rings is 1. The van der Waals surface area contributed by atoms with Crippen molar-refractivity contribution < 1.29 is 4.79 Å². The Bertz CT molecular complexity index is 495. The van der Waals surface area contributed by atoms with Crippen molar-refractivity contribution in [1.82, 2.24) is 0 Å². The fraction of sp³-hybridized carbons (Fsp3) is 0.471. The van der Waals surface area contributed by atoms with Crippen LogP contribution in [0.5, 0.6) is 0 Å². The van der Waals surface area contributed by atoms with Crippen LogP contribution in [0.1, 0.15) is 38.5 Å². The van der Waals surface area contributed by atoms with Crippen LogP contribution < -0.4 is 11.1 Å². The number of nitrogens with two attached hydrogens (primary N) is 1. The molecule has 0 radical (unpaired) electrons. The third-order valence-electron chi connectivity index (χ3n) is 3.88. The minimum absolute atomic E-state index is 0.0195. The molecule has 0 heterocycles. The molecule has 21 heavy (non-hydrogen) atoms. The molecular formula is C17H24N2OS. The molecule has 0 spiro atoms. The van der Waals surface area contributed by atoms with Crippen LogP contribution in [0.15, 0.2) is 41.8 Å². The third kappa shape index (κ3) is 4.90. The average molecular weight is 304 g/mol. The van der Waals surface area contributed by atoms with Gasteiger partial charge in [0, 0.05) is 22.6 Å². The molecular weight excluding hydrogens is 280 g/mol. The molecule has 1 aliphatic carbocycles. The van der Waals surface area contributed by atoms with Gasteiger partial charge in [0.2, 0.25) is 5.91 Å². The maximum Gasteiger partial charge on any atom is 0.226 e. The van der Waals surface area contributed by atoms with Crippen molar-refractivity contribution >= 4 is 23.4 Å². The molecule has 1 saturated carbocycles. The van der Waals surface area contributed by atoms with Gasteiger partial charge in [-0.15, -0.1) is 18.3 Å².